The van der Waals surface area contributed by atoms with E-state index in [0.29, 0.717) is 25.7 Å². The van der Waals surface area contributed by atoms with Gasteiger partial charge in [-0.15, -0.1) is 0 Å². The highest BCUT2D eigenvalue weighted by molar-refractivity contribution is 5.86. The van der Waals surface area contributed by atoms with Gasteiger partial charge in [-0.2, -0.15) is 0 Å². The van der Waals surface area contributed by atoms with Crippen molar-refractivity contribution in [3.63, 3.8) is 0 Å². The van der Waals surface area contributed by atoms with Gasteiger partial charge in [-0.3, -0.25) is 4.79 Å². The predicted molar refractivity (Wildman–Crippen MR) is 96.9 cm³/mol. The van der Waals surface area contributed by atoms with Crippen LogP contribution in [0.4, 0.5) is 0 Å². The quantitative estimate of drug-likeness (QED) is 0.718. The molecule has 3 rings (SSSR count). The topological polar surface area (TPSA) is 77.8 Å². The molecule has 0 unspecified atom stereocenters. The van der Waals surface area contributed by atoms with Crippen molar-refractivity contribution in [2.24, 2.45) is 11.3 Å². The molecule has 5 atom stereocenters. The van der Waals surface area contributed by atoms with E-state index in [2.05, 4.69) is 6.58 Å². The summed E-state index contributed by atoms with van der Waals surface area (Å²) in [6.45, 7) is 7.49. The standard InChI is InChI=1S/C21H30O4/c1-13-4-7-17(23)10-15(13)5-6-16-11-18(24)12-20(3)19(16)8-9-21(20,25)14(2)22/h5-6,17-19,23-25H,1,4,7-12H2,2-3H3/b15-5-,16-6+/t17-,18+,19+,20+,21+/m1/s1. The average Bonchev–Trinajstić information content (AvgIpc) is 2.80. The molecule has 0 spiro atoms. The van der Waals surface area contributed by atoms with Gasteiger partial charge in [0.1, 0.15) is 5.60 Å². The third-order valence-corrected chi connectivity index (χ3v) is 6.86. The lowest BCUT2D eigenvalue weighted by atomic mass is 9.60. The highest BCUT2D eigenvalue weighted by Crippen LogP contribution is 2.59. The van der Waals surface area contributed by atoms with Gasteiger partial charge in [0.15, 0.2) is 5.78 Å². The van der Waals surface area contributed by atoms with Crippen LogP contribution in [0.5, 0.6) is 0 Å². The first kappa shape index (κ1) is 18.6. The SMILES string of the molecule is C=C1CC[C@@H](O)C/C1=C/C=C1\C[C@H](O)C[C@@]2(C)[C@H]1CC[C@]2(O)C(C)=O. The molecule has 3 aliphatic carbocycles. The Morgan fingerprint density at radius 3 is 2.60 bits per heavy atom. The lowest BCUT2D eigenvalue weighted by molar-refractivity contribution is -0.152. The van der Waals surface area contributed by atoms with Crippen LogP contribution < -0.4 is 0 Å². The van der Waals surface area contributed by atoms with Crippen LogP contribution in [-0.4, -0.2) is 38.9 Å². The first-order chi connectivity index (χ1) is 11.7. The van der Waals surface area contributed by atoms with Crippen LogP contribution in [0.15, 0.2) is 35.5 Å². The normalized spacial score (nSPS) is 45.0. The van der Waals surface area contributed by atoms with Crippen molar-refractivity contribution in [3.05, 3.63) is 35.5 Å². The zero-order valence-electron chi connectivity index (χ0n) is 15.3. The molecule has 25 heavy (non-hydrogen) atoms. The van der Waals surface area contributed by atoms with Gasteiger partial charge >= 0.3 is 0 Å². The Balaban J connectivity index is 1.92. The van der Waals surface area contributed by atoms with Crippen LogP contribution >= 0.6 is 0 Å². The predicted octanol–water partition coefficient (Wildman–Crippen LogP) is 2.83. The largest absolute Gasteiger partial charge is 0.393 e. The van der Waals surface area contributed by atoms with Gasteiger partial charge in [0.05, 0.1) is 12.2 Å². The maximum absolute atomic E-state index is 12.1. The van der Waals surface area contributed by atoms with Crippen molar-refractivity contribution in [1.82, 2.24) is 0 Å². The average molecular weight is 346 g/mol. The highest BCUT2D eigenvalue weighted by atomic mass is 16.3. The number of hydrogen-bond donors (Lipinski definition) is 3. The zero-order valence-corrected chi connectivity index (χ0v) is 15.3. The second kappa shape index (κ2) is 6.49. The Labute approximate surface area is 149 Å². The molecule has 3 aliphatic rings. The van der Waals surface area contributed by atoms with Crippen LogP contribution in [-0.2, 0) is 4.79 Å². The second-order valence-electron chi connectivity index (χ2n) is 8.42. The second-order valence-corrected chi connectivity index (χ2v) is 8.42. The number of rotatable bonds is 2. The highest BCUT2D eigenvalue weighted by Gasteiger charge is 2.61. The molecular weight excluding hydrogens is 316 g/mol. The fourth-order valence-electron chi connectivity index (χ4n) is 5.28. The molecule has 0 bridgehead atoms. The Morgan fingerprint density at radius 1 is 1.20 bits per heavy atom. The molecule has 3 N–H and O–H groups in total. The van der Waals surface area contributed by atoms with E-state index in [1.54, 1.807) is 0 Å². The lowest BCUT2D eigenvalue weighted by Gasteiger charge is -2.47. The van der Waals surface area contributed by atoms with Gasteiger partial charge in [0.25, 0.3) is 0 Å². The summed E-state index contributed by atoms with van der Waals surface area (Å²) in [6, 6.07) is 0. The van der Waals surface area contributed by atoms with Crippen LogP contribution in [0.1, 0.15) is 58.8 Å². The molecule has 4 nitrogen and oxygen atoms in total. The van der Waals surface area contributed by atoms with E-state index in [0.717, 1.165) is 36.0 Å². The summed E-state index contributed by atoms with van der Waals surface area (Å²) in [5.41, 5.74) is 1.25. The number of carbonyl (C=O) groups excluding carboxylic acids is 1. The summed E-state index contributed by atoms with van der Waals surface area (Å²) in [7, 11) is 0. The minimum absolute atomic E-state index is 0.100. The van der Waals surface area contributed by atoms with E-state index < -0.39 is 17.1 Å². The third kappa shape index (κ3) is 3.05. The summed E-state index contributed by atoms with van der Waals surface area (Å²) in [5.74, 6) is -0.100. The summed E-state index contributed by atoms with van der Waals surface area (Å²) in [4.78, 5) is 12.1. The van der Waals surface area contributed by atoms with Crippen LogP contribution in [0.2, 0.25) is 0 Å². The van der Waals surface area contributed by atoms with E-state index in [1.165, 1.54) is 6.92 Å². The van der Waals surface area contributed by atoms with E-state index in [-0.39, 0.29) is 17.8 Å². The minimum Gasteiger partial charge on any atom is -0.393 e. The number of hydrogen-bond acceptors (Lipinski definition) is 4. The molecular formula is C21H30O4. The number of allylic oxidation sites excluding steroid dienone is 3. The van der Waals surface area contributed by atoms with Crippen molar-refractivity contribution < 1.29 is 20.1 Å². The number of ketones is 1. The number of carbonyl (C=O) groups is 1. The first-order valence-corrected chi connectivity index (χ1v) is 9.34. The summed E-state index contributed by atoms with van der Waals surface area (Å²) in [6.07, 6.45) is 7.63. The summed E-state index contributed by atoms with van der Waals surface area (Å²) in [5, 5.41) is 31.3. The molecule has 0 amide bonds. The molecule has 0 aliphatic heterocycles. The van der Waals surface area contributed by atoms with Gasteiger partial charge < -0.3 is 15.3 Å². The van der Waals surface area contributed by atoms with Crippen molar-refractivity contribution >= 4 is 5.78 Å². The molecule has 0 heterocycles. The number of aliphatic hydroxyl groups excluding tert-OH is 2. The van der Waals surface area contributed by atoms with Crippen molar-refractivity contribution in [3.8, 4) is 0 Å². The van der Waals surface area contributed by atoms with E-state index >= 15 is 0 Å². The molecule has 0 aromatic heterocycles. The van der Waals surface area contributed by atoms with Gasteiger partial charge in [-0.05, 0) is 63.4 Å². The molecule has 3 saturated carbocycles. The summed E-state index contributed by atoms with van der Waals surface area (Å²) >= 11 is 0. The van der Waals surface area contributed by atoms with Crippen LogP contribution in [0, 0.1) is 11.3 Å². The molecule has 0 aromatic rings. The lowest BCUT2D eigenvalue weighted by Crippen LogP contribution is -2.53. The molecule has 0 radical (unpaired) electrons. The molecule has 0 saturated heterocycles. The van der Waals surface area contributed by atoms with E-state index in [1.807, 2.05) is 19.1 Å². The van der Waals surface area contributed by atoms with E-state index in [9.17, 15) is 20.1 Å². The van der Waals surface area contributed by atoms with Crippen LogP contribution in [0.3, 0.4) is 0 Å². The minimum atomic E-state index is -1.35. The molecule has 3 fully saturated rings. The Hall–Kier alpha value is -1.23. The Bertz CT molecular complexity index is 646. The van der Waals surface area contributed by atoms with Crippen molar-refractivity contribution in [2.45, 2.75) is 76.6 Å². The maximum Gasteiger partial charge on any atom is 0.161 e. The van der Waals surface area contributed by atoms with E-state index in [4.69, 9.17) is 0 Å². The smallest absolute Gasteiger partial charge is 0.161 e. The van der Waals surface area contributed by atoms with Gasteiger partial charge in [-0.25, -0.2) is 0 Å². The molecule has 0 aromatic carbocycles. The van der Waals surface area contributed by atoms with Crippen molar-refractivity contribution in [1.29, 1.82) is 0 Å². The van der Waals surface area contributed by atoms with Gasteiger partial charge in [0.2, 0.25) is 0 Å². The Kier molecular flexibility index (Phi) is 4.82. The number of Topliss-reactive ketones (excluding diaryl/α,β-unsaturated/α-hetero) is 1. The third-order valence-electron chi connectivity index (χ3n) is 6.86. The monoisotopic (exact) mass is 346 g/mol. The number of aliphatic hydroxyl groups is 3. The molecule has 138 valence electrons. The maximum atomic E-state index is 12.1. The number of fused-ring (bicyclic) bond motifs is 1. The van der Waals surface area contributed by atoms with Crippen LogP contribution in [0.25, 0.3) is 0 Å². The zero-order chi connectivity index (χ0) is 18.4. The summed E-state index contributed by atoms with van der Waals surface area (Å²) < 4.78 is 0. The fraction of sp³-hybridized carbons (Fsp3) is 0.667. The van der Waals surface area contributed by atoms with Crippen molar-refractivity contribution in [2.75, 3.05) is 0 Å². The first-order valence-electron chi connectivity index (χ1n) is 9.34. The van der Waals surface area contributed by atoms with Gasteiger partial charge in [0, 0.05) is 5.41 Å². The fourth-order valence-corrected chi connectivity index (χ4v) is 5.28. The molecule has 4 heteroatoms. The van der Waals surface area contributed by atoms with Gasteiger partial charge in [-0.1, -0.05) is 36.8 Å². The Morgan fingerprint density at radius 2 is 1.92 bits per heavy atom.